The topological polar surface area (TPSA) is 58.4 Å². The minimum absolute atomic E-state index is 0.0192. The number of piperidine rings is 1. The van der Waals surface area contributed by atoms with E-state index in [-0.39, 0.29) is 11.8 Å². The van der Waals surface area contributed by atoms with Gasteiger partial charge in [0.05, 0.1) is 0 Å². The second-order valence-corrected chi connectivity index (χ2v) is 7.49. The lowest BCUT2D eigenvalue weighted by atomic mass is 9.95. The Balaban J connectivity index is 1.41. The normalized spacial score (nSPS) is 15.3. The molecule has 0 aliphatic carbocycles. The molecule has 0 radical (unpaired) electrons. The van der Waals surface area contributed by atoms with Crippen LogP contribution in [0.4, 0.5) is 11.7 Å². The predicted molar refractivity (Wildman–Crippen MR) is 108 cm³/mol. The molecule has 140 valence electrons. The van der Waals surface area contributed by atoms with Crippen LogP contribution in [0.3, 0.4) is 0 Å². The van der Waals surface area contributed by atoms with Gasteiger partial charge in [-0.25, -0.2) is 0 Å². The molecule has 1 aliphatic heterocycles. The summed E-state index contributed by atoms with van der Waals surface area (Å²) in [6.45, 7) is 7.72. The Kier molecular flexibility index (Phi) is 4.60. The Bertz CT molecular complexity index is 928. The molecule has 27 heavy (non-hydrogen) atoms. The number of para-hydroxylation sites is 2. The quantitative estimate of drug-likeness (QED) is 0.738. The van der Waals surface area contributed by atoms with Crippen LogP contribution in [-0.2, 0) is 4.79 Å². The third kappa shape index (κ3) is 3.54. The van der Waals surface area contributed by atoms with Crippen molar-refractivity contribution < 1.29 is 9.21 Å². The van der Waals surface area contributed by atoms with Gasteiger partial charge < -0.3 is 14.6 Å². The number of nitrogens with zero attached hydrogens (tertiary/aromatic N) is 2. The van der Waals surface area contributed by atoms with Crippen molar-refractivity contribution in [2.24, 2.45) is 5.92 Å². The lowest BCUT2D eigenvalue weighted by Gasteiger charge is -2.30. The number of hydrogen-bond acceptors (Lipinski definition) is 4. The highest BCUT2D eigenvalue weighted by Crippen LogP contribution is 2.28. The summed E-state index contributed by atoms with van der Waals surface area (Å²) >= 11 is 0. The summed E-state index contributed by atoms with van der Waals surface area (Å²) in [5.74, 6) is 0.132. The van der Waals surface area contributed by atoms with Crippen molar-refractivity contribution >= 4 is 28.7 Å². The first-order valence-corrected chi connectivity index (χ1v) is 9.50. The van der Waals surface area contributed by atoms with Crippen LogP contribution in [0.25, 0.3) is 11.1 Å². The van der Waals surface area contributed by atoms with Gasteiger partial charge in [0.15, 0.2) is 5.58 Å². The van der Waals surface area contributed by atoms with E-state index in [9.17, 15) is 4.79 Å². The van der Waals surface area contributed by atoms with Crippen molar-refractivity contribution in [3.8, 4) is 0 Å². The van der Waals surface area contributed by atoms with E-state index in [0.29, 0.717) is 6.01 Å². The average molecular weight is 363 g/mol. The number of amides is 1. The van der Waals surface area contributed by atoms with Gasteiger partial charge in [-0.1, -0.05) is 29.8 Å². The van der Waals surface area contributed by atoms with Crippen molar-refractivity contribution in [2.75, 3.05) is 23.3 Å². The first kappa shape index (κ1) is 17.6. The van der Waals surface area contributed by atoms with Crippen LogP contribution in [0, 0.1) is 26.7 Å². The van der Waals surface area contributed by atoms with E-state index >= 15 is 0 Å². The highest BCUT2D eigenvalue weighted by Gasteiger charge is 2.27. The summed E-state index contributed by atoms with van der Waals surface area (Å²) in [5, 5.41) is 3.16. The summed E-state index contributed by atoms with van der Waals surface area (Å²) < 4.78 is 5.86. The van der Waals surface area contributed by atoms with Crippen LogP contribution in [0.1, 0.15) is 29.5 Å². The molecule has 0 saturated carbocycles. The van der Waals surface area contributed by atoms with Crippen LogP contribution in [0.5, 0.6) is 0 Å². The Hall–Kier alpha value is -2.82. The van der Waals surface area contributed by atoms with Crippen molar-refractivity contribution in [1.29, 1.82) is 0 Å². The van der Waals surface area contributed by atoms with E-state index in [1.165, 1.54) is 5.56 Å². The van der Waals surface area contributed by atoms with Gasteiger partial charge in [0, 0.05) is 24.7 Å². The van der Waals surface area contributed by atoms with Gasteiger partial charge in [-0.05, 0) is 56.9 Å². The smallest absolute Gasteiger partial charge is 0.298 e. The summed E-state index contributed by atoms with van der Waals surface area (Å²) in [7, 11) is 0. The number of oxazole rings is 1. The summed E-state index contributed by atoms with van der Waals surface area (Å²) in [6, 6.07) is 12.7. The molecule has 2 heterocycles. The molecular weight excluding hydrogens is 338 g/mol. The second kappa shape index (κ2) is 7.06. The number of carbonyl (C=O) groups is 1. The van der Waals surface area contributed by atoms with E-state index in [4.69, 9.17) is 4.42 Å². The molecule has 1 aliphatic rings. The number of hydrogen-bond donors (Lipinski definition) is 1. The van der Waals surface area contributed by atoms with Gasteiger partial charge >= 0.3 is 0 Å². The van der Waals surface area contributed by atoms with E-state index < -0.39 is 0 Å². The third-order valence-corrected chi connectivity index (χ3v) is 5.34. The number of nitrogens with one attached hydrogen (secondary N) is 1. The first-order chi connectivity index (χ1) is 13.0. The predicted octanol–water partition coefficient (Wildman–Crippen LogP) is 4.61. The van der Waals surface area contributed by atoms with Crippen LogP contribution in [-0.4, -0.2) is 24.0 Å². The Morgan fingerprint density at radius 1 is 1.11 bits per heavy atom. The number of fused-ring (bicyclic) bond motifs is 1. The fourth-order valence-corrected chi connectivity index (χ4v) is 3.93. The molecule has 1 amide bonds. The molecule has 5 heteroatoms. The first-order valence-electron chi connectivity index (χ1n) is 9.50. The van der Waals surface area contributed by atoms with Crippen molar-refractivity contribution in [3.05, 3.63) is 53.1 Å². The minimum Gasteiger partial charge on any atom is -0.423 e. The number of benzene rings is 2. The van der Waals surface area contributed by atoms with Crippen LogP contribution in [0.15, 0.2) is 40.8 Å². The number of anilines is 2. The maximum absolute atomic E-state index is 12.8. The second-order valence-electron chi connectivity index (χ2n) is 7.49. The number of carbonyl (C=O) groups excluding carboxylic acids is 1. The van der Waals surface area contributed by atoms with Crippen molar-refractivity contribution in [2.45, 2.75) is 33.6 Å². The standard InChI is InChI=1S/C22H25N3O2/c1-14-12-15(2)20(16(3)13-14)24-21(26)17-8-10-25(11-9-17)22-23-18-6-4-5-7-19(18)27-22/h4-7,12-13,17H,8-11H2,1-3H3,(H,24,26). The molecule has 1 N–H and O–H groups in total. The van der Waals surface area contributed by atoms with Crippen molar-refractivity contribution in [1.82, 2.24) is 4.98 Å². The molecular formula is C22H25N3O2. The molecule has 3 aromatic rings. The summed E-state index contributed by atoms with van der Waals surface area (Å²) in [4.78, 5) is 19.5. The molecule has 1 fully saturated rings. The van der Waals surface area contributed by atoms with Crippen LogP contribution >= 0.6 is 0 Å². The fraction of sp³-hybridized carbons (Fsp3) is 0.364. The van der Waals surface area contributed by atoms with E-state index in [2.05, 4.69) is 34.3 Å². The maximum atomic E-state index is 12.8. The SMILES string of the molecule is Cc1cc(C)c(NC(=O)C2CCN(c3nc4ccccc4o3)CC2)c(C)c1. The Labute approximate surface area is 159 Å². The Morgan fingerprint density at radius 3 is 2.44 bits per heavy atom. The highest BCUT2D eigenvalue weighted by atomic mass is 16.4. The lowest BCUT2D eigenvalue weighted by molar-refractivity contribution is -0.120. The Morgan fingerprint density at radius 2 is 1.78 bits per heavy atom. The van der Waals surface area contributed by atoms with E-state index in [1.54, 1.807) is 0 Å². The number of rotatable bonds is 3. The molecule has 5 nitrogen and oxygen atoms in total. The third-order valence-electron chi connectivity index (χ3n) is 5.34. The van der Waals surface area contributed by atoms with Gasteiger partial charge in [-0.3, -0.25) is 4.79 Å². The average Bonchev–Trinajstić information content (AvgIpc) is 3.09. The molecule has 1 aromatic heterocycles. The number of aromatic nitrogens is 1. The summed E-state index contributed by atoms with van der Waals surface area (Å²) in [5.41, 5.74) is 6.08. The van der Waals surface area contributed by atoms with Gasteiger partial charge in [0.25, 0.3) is 6.01 Å². The molecule has 0 unspecified atom stereocenters. The monoisotopic (exact) mass is 363 g/mol. The zero-order valence-corrected chi connectivity index (χ0v) is 16.1. The molecule has 0 atom stereocenters. The zero-order valence-electron chi connectivity index (χ0n) is 16.1. The minimum atomic E-state index is 0.0192. The van der Waals surface area contributed by atoms with Crippen LogP contribution in [0.2, 0.25) is 0 Å². The molecule has 2 aromatic carbocycles. The maximum Gasteiger partial charge on any atom is 0.298 e. The van der Waals surface area contributed by atoms with Crippen molar-refractivity contribution in [3.63, 3.8) is 0 Å². The molecule has 0 spiro atoms. The molecule has 0 bridgehead atoms. The number of aryl methyl sites for hydroxylation is 3. The molecule has 4 rings (SSSR count). The molecule has 1 saturated heterocycles. The zero-order chi connectivity index (χ0) is 19.0. The largest absolute Gasteiger partial charge is 0.423 e. The highest BCUT2D eigenvalue weighted by molar-refractivity contribution is 5.94. The van der Waals surface area contributed by atoms with Crippen LogP contribution < -0.4 is 10.2 Å². The lowest BCUT2D eigenvalue weighted by Crippen LogP contribution is -2.38. The van der Waals surface area contributed by atoms with Gasteiger partial charge in [0.2, 0.25) is 5.91 Å². The van der Waals surface area contributed by atoms with Gasteiger partial charge in [-0.15, -0.1) is 0 Å². The van der Waals surface area contributed by atoms with Gasteiger partial charge in [0.1, 0.15) is 5.52 Å². The fourth-order valence-electron chi connectivity index (χ4n) is 3.93. The van der Waals surface area contributed by atoms with Gasteiger partial charge in [-0.2, -0.15) is 4.98 Å². The summed E-state index contributed by atoms with van der Waals surface area (Å²) in [6.07, 6.45) is 1.60. The van der Waals surface area contributed by atoms with E-state index in [0.717, 1.165) is 53.8 Å². The van der Waals surface area contributed by atoms with E-state index in [1.807, 2.05) is 38.1 Å².